The lowest BCUT2D eigenvalue weighted by atomic mass is 9.86. The van der Waals surface area contributed by atoms with Crippen LogP contribution in [0.5, 0.6) is 0 Å². The van der Waals surface area contributed by atoms with Crippen molar-refractivity contribution in [3.05, 3.63) is 65.9 Å². The molecule has 0 aliphatic carbocycles. The van der Waals surface area contributed by atoms with E-state index in [1.54, 1.807) is 6.26 Å². The number of rotatable bonds is 3. The Morgan fingerprint density at radius 3 is 2.79 bits per heavy atom. The van der Waals surface area contributed by atoms with Crippen molar-refractivity contribution in [3.8, 4) is 0 Å². The van der Waals surface area contributed by atoms with Crippen LogP contribution < -0.4 is 0 Å². The average molecular weight is 322 g/mol. The molecule has 24 heavy (non-hydrogen) atoms. The number of piperidine rings is 1. The highest BCUT2D eigenvalue weighted by molar-refractivity contribution is 5.83. The highest BCUT2D eigenvalue weighted by atomic mass is 16.3. The van der Waals surface area contributed by atoms with Gasteiger partial charge in [0, 0.05) is 25.9 Å². The van der Waals surface area contributed by atoms with E-state index in [1.165, 1.54) is 16.3 Å². The largest absolute Gasteiger partial charge is 0.449 e. The normalized spacial score (nSPS) is 22.1. The lowest BCUT2D eigenvalue weighted by Crippen LogP contribution is -2.42. The summed E-state index contributed by atoms with van der Waals surface area (Å²) in [4.78, 5) is 6.60. The molecular formula is C20H22N2O2. The molecule has 0 bridgehead atoms. The highest BCUT2D eigenvalue weighted by Crippen LogP contribution is 2.31. The van der Waals surface area contributed by atoms with Crippen molar-refractivity contribution in [2.75, 3.05) is 13.1 Å². The van der Waals surface area contributed by atoms with Gasteiger partial charge in [-0.3, -0.25) is 4.90 Å². The van der Waals surface area contributed by atoms with Crippen molar-refractivity contribution >= 4 is 10.8 Å². The summed E-state index contributed by atoms with van der Waals surface area (Å²) >= 11 is 0. The molecule has 1 aromatic heterocycles. The molecule has 1 aliphatic heterocycles. The van der Waals surface area contributed by atoms with Gasteiger partial charge in [-0.05, 0) is 29.3 Å². The molecule has 0 unspecified atom stereocenters. The SMILES string of the molecule is Cc1nc(CN2CC[C@H](c3ccc4ccccc4c3)[C@@H](O)C2)co1. The number of hydrogen-bond donors (Lipinski definition) is 1. The molecule has 4 heteroatoms. The smallest absolute Gasteiger partial charge is 0.191 e. The molecule has 0 amide bonds. The molecular weight excluding hydrogens is 300 g/mol. The summed E-state index contributed by atoms with van der Waals surface area (Å²) < 4.78 is 5.26. The van der Waals surface area contributed by atoms with Crippen LogP contribution in [-0.4, -0.2) is 34.2 Å². The maximum Gasteiger partial charge on any atom is 0.191 e. The molecule has 1 saturated heterocycles. The van der Waals surface area contributed by atoms with Crippen LogP contribution in [0.2, 0.25) is 0 Å². The molecule has 0 spiro atoms. The maximum absolute atomic E-state index is 10.7. The molecule has 3 aromatic rings. The molecule has 2 aromatic carbocycles. The maximum atomic E-state index is 10.7. The third kappa shape index (κ3) is 3.07. The van der Waals surface area contributed by atoms with Crippen LogP contribution in [0.3, 0.4) is 0 Å². The minimum Gasteiger partial charge on any atom is -0.449 e. The Labute approximate surface area is 141 Å². The van der Waals surface area contributed by atoms with Gasteiger partial charge in [-0.25, -0.2) is 4.98 Å². The quantitative estimate of drug-likeness (QED) is 0.802. The molecule has 2 heterocycles. The van der Waals surface area contributed by atoms with Crippen molar-refractivity contribution in [2.24, 2.45) is 0 Å². The second kappa shape index (κ2) is 6.38. The number of aliphatic hydroxyl groups is 1. The number of oxazole rings is 1. The molecule has 1 fully saturated rings. The van der Waals surface area contributed by atoms with Crippen LogP contribution in [0.25, 0.3) is 10.8 Å². The van der Waals surface area contributed by atoms with Gasteiger partial charge >= 0.3 is 0 Å². The number of fused-ring (bicyclic) bond motifs is 1. The standard InChI is InChI=1S/C20H22N2O2/c1-14-21-18(13-24-14)11-22-9-8-19(20(23)12-22)17-7-6-15-4-2-3-5-16(15)10-17/h2-7,10,13,19-20,23H,8-9,11-12H2,1H3/t19-,20+/m1/s1. The summed E-state index contributed by atoms with van der Waals surface area (Å²) in [6, 6.07) is 14.9. The predicted molar refractivity (Wildman–Crippen MR) is 93.8 cm³/mol. The topological polar surface area (TPSA) is 49.5 Å². The van der Waals surface area contributed by atoms with E-state index in [1.807, 2.05) is 6.92 Å². The van der Waals surface area contributed by atoms with E-state index in [2.05, 4.69) is 52.3 Å². The van der Waals surface area contributed by atoms with Crippen molar-refractivity contribution in [1.82, 2.24) is 9.88 Å². The van der Waals surface area contributed by atoms with E-state index in [9.17, 15) is 5.11 Å². The predicted octanol–water partition coefficient (Wildman–Crippen LogP) is 3.49. The highest BCUT2D eigenvalue weighted by Gasteiger charge is 2.29. The lowest BCUT2D eigenvalue weighted by Gasteiger charge is -2.35. The first-order valence-electron chi connectivity index (χ1n) is 8.49. The van der Waals surface area contributed by atoms with E-state index < -0.39 is 0 Å². The molecule has 0 saturated carbocycles. The van der Waals surface area contributed by atoms with Crippen molar-refractivity contribution in [1.29, 1.82) is 0 Å². The molecule has 4 rings (SSSR count). The van der Waals surface area contributed by atoms with Crippen LogP contribution in [-0.2, 0) is 6.54 Å². The van der Waals surface area contributed by atoms with E-state index in [4.69, 9.17) is 4.42 Å². The molecule has 124 valence electrons. The fourth-order valence-electron chi connectivity index (χ4n) is 3.68. The van der Waals surface area contributed by atoms with E-state index in [0.29, 0.717) is 12.4 Å². The molecule has 1 aliphatic rings. The Morgan fingerprint density at radius 1 is 1.21 bits per heavy atom. The summed E-state index contributed by atoms with van der Waals surface area (Å²) in [5.41, 5.74) is 2.17. The number of β-amino-alcohol motifs (C(OH)–C–C–N with tert-alkyl or cyclic N) is 1. The summed E-state index contributed by atoms with van der Waals surface area (Å²) in [5.74, 6) is 0.890. The van der Waals surface area contributed by atoms with Gasteiger partial charge in [-0.15, -0.1) is 0 Å². The second-order valence-corrected chi connectivity index (χ2v) is 6.66. The van der Waals surface area contributed by atoms with Gasteiger partial charge in [0.15, 0.2) is 5.89 Å². The summed E-state index contributed by atoms with van der Waals surface area (Å²) in [5, 5.41) is 13.1. The van der Waals surface area contributed by atoms with E-state index in [-0.39, 0.29) is 12.0 Å². The number of benzene rings is 2. The van der Waals surface area contributed by atoms with Crippen molar-refractivity contribution < 1.29 is 9.52 Å². The number of likely N-dealkylation sites (tertiary alicyclic amines) is 1. The molecule has 2 atom stereocenters. The molecule has 0 radical (unpaired) electrons. The number of hydrogen-bond acceptors (Lipinski definition) is 4. The third-order valence-corrected chi connectivity index (χ3v) is 4.92. The molecule has 1 N–H and O–H groups in total. The summed E-state index contributed by atoms with van der Waals surface area (Å²) in [6.07, 6.45) is 2.31. The van der Waals surface area contributed by atoms with Gasteiger partial charge in [0.25, 0.3) is 0 Å². The minimum atomic E-state index is -0.354. The monoisotopic (exact) mass is 322 g/mol. The Bertz CT molecular complexity index is 842. The summed E-state index contributed by atoms with van der Waals surface area (Å²) in [6.45, 7) is 4.22. The number of nitrogens with zero attached hydrogens (tertiary/aromatic N) is 2. The first-order valence-corrected chi connectivity index (χ1v) is 8.49. The average Bonchev–Trinajstić information content (AvgIpc) is 2.99. The van der Waals surface area contributed by atoms with Crippen LogP contribution in [0, 0.1) is 6.92 Å². The van der Waals surface area contributed by atoms with E-state index >= 15 is 0 Å². The number of aryl methyl sites for hydroxylation is 1. The van der Waals surface area contributed by atoms with Crippen molar-refractivity contribution in [2.45, 2.75) is 31.9 Å². The zero-order chi connectivity index (χ0) is 16.5. The second-order valence-electron chi connectivity index (χ2n) is 6.66. The van der Waals surface area contributed by atoms with Gasteiger partial charge in [0.2, 0.25) is 0 Å². The van der Waals surface area contributed by atoms with Crippen molar-refractivity contribution in [3.63, 3.8) is 0 Å². The van der Waals surface area contributed by atoms with Crippen LogP contribution in [0.4, 0.5) is 0 Å². The zero-order valence-corrected chi connectivity index (χ0v) is 13.9. The summed E-state index contributed by atoms with van der Waals surface area (Å²) in [7, 11) is 0. The zero-order valence-electron chi connectivity index (χ0n) is 13.9. The van der Waals surface area contributed by atoms with Gasteiger partial charge in [-0.2, -0.15) is 0 Å². The van der Waals surface area contributed by atoms with Crippen LogP contribution in [0.15, 0.2) is 53.1 Å². The minimum absolute atomic E-state index is 0.199. The molecule has 4 nitrogen and oxygen atoms in total. The number of aromatic nitrogens is 1. The Morgan fingerprint density at radius 2 is 2.04 bits per heavy atom. The Kier molecular flexibility index (Phi) is 4.08. The number of aliphatic hydroxyl groups excluding tert-OH is 1. The Hall–Kier alpha value is -2.17. The fraction of sp³-hybridized carbons (Fsp3) is 0.350. The first-order chi connectivity index (χ1) is 11.7. The fourth-order valence-corrected chi connectivity index (χ4v) is 3.68. The van der Waals surface area contributed by atoms with Gasteiger partial charge in [-0.1, -0.05) is 42.5 Å². The van der Waals surface area contributed by atoms with Crippen LogP contribution in [0.1, 0.15) is 29.5 Å². The lowest BCUT2D eigenvalue weighted by molar-refractivity contribution is 0.0471. The van der Waals surface area contributed by atoms with E-state index in [0.717, 1.165) is 25.2 Å². The first kappa shape index (κ1) is 15.4. The van der Waals surface area contributed by atoms with Gasteiger partial charge in [0.1, 0.15) is 6.26 Å². The third-order valence-electron chi connectivity index (χ3n) is 4.92. The van der Waals surface area contributed by atoms with Gasteiger partial charge in [0.05, 0.1) is 11.8 Å². The van der Waals surface area contributed by atoms with Gasteiger partial charge < -0.3 is 9.52 Å². The van der Waals surface area contributed by atoms with Crippen LogP contribution >= 0.6 is 0 Å². The Balaban J connectivity index is 1.47.